The van der Waals surface area contributed by atoms with Crippen molar-refractivity contribution in [2.75, 3.05) is 5.32 Å². The van der Waals surface area contributed by atoms with Crippen molar-refractivity contribution in [1.29, 1.82) is 0 Å². The Balaban J connectivity index is 1.77. The summed E-state index contributed by atoms with van der Waals surface area (Å²) in [5.41, 5.74) is -0.193. The molecule has 0 aromatic carbocycles. The van der Waals surface area contributed by atoms with Gasteiger partial charge in [-0.3, -0.25) is 9.59 Å². The lowest BCUT2D eigenvalue weighted by atomic mass is 10.3. The number of thiophene rings is 1. The molecule has 0 spiro atoms. The zero-order valence-corrected chi connectivity index (χ0v) is 14.1. The number of hydrogen-bond acceptors (Lipinski definition) is 7. The average molecular weight is 350 g/mol. The Kier molecular flexibility index (Phi) is 4.49. The van der Waals surface area contributed by atoms with Crippen LogP contribution in [0.15, 0.2) is 32.0 Å². The molecule has 1 amide bonds. The van der Waals surface area contributed by atoms with Crippen LogP contribution in [-0.2, 0) is 4.79 Å². The number of nitrogens with one attached hydrogen (secondary N) is 2. The number of fused-ring (bicyclic) bond motifs is 1. The molecular formula is C14H14N4O3S2. The van der Waals surface area contributed by atoms with Gasteiger partial charge in [0.2, 0.25) is 5.91 Å². The fourth-order valence-corrected chi connectivity index (χ4v) is 3.71. The van der Waals surface area contributed by atoms with E-state index in [1.54, 1.807) is 19.1 Å². The van der Waals surface area contributed by atoms with Crippen molar-refractivity contribution in [3.63, 3.8) is 0 Å². The number of nitrogens with zero attached hydrogens (tertiary/aromatic N) is 2. The first-order valence-electron chi connectivity index (χ1n) is 6.95. The van der Waals surface area contributed by atoms with Crippen LogP contribution in [0.3, 0.4) is 0 Å². The molecule has 0 saturated heterocycles. The molecule has 3 rings (SSSR count). The van der Waals surface area contributed by atoms with E-state index in [9.17, 15) is 9.59 Å². The molecule has 3 heterocycles. The van der Waals surface area contributed by atoms with Gasteiger partial charge in [-0.2, -0.15) is 0 Å². The fourth-order valence-electron chi connectivity index (χ4n) is 1.99. The Labute approximate surface area is 139 Å². The number of amides is 1. The van der Waals surface area contributed by atoms with Gasteiger partial charge in [0.25, 0.3) is 5.56 Å². The third-order valence-electron chi connectivity index (χ3n) is 3.11. The van der Waals surface area contributed by atoms with E-state index in [1.165, 1.54) is 23.1 Å². The first kappa shape index (κ1) is 15.8. The third kappa shape index (κ3) is 3.45. The van der Waals surface area contributed by atoms with Gasteiger partial charge in [0.1, 0.15) is 10.6 Å². The van der Waals surface area contributed by atoms with E-state index in [4.69, 9.17) is 4.52 Å². The summed E-state index contributed by atoms with van der Waals surface area (Å²) >= 11 is 2.62. The lowest BCUT2D eigenvalue weighted by molar-refractivity contribution is -0.115. The van der Waals surface area contributed by atoms with Gasteiger partial charge in [-0.1, -0.05) is 23.8 Å². The summed E-state index contributed by atoms with van der Waals surface area (Å²) in [4.78, 5) is 32.1. The largest absolute Gasteiger partial charge is 0.360 e. The molecule has 0 aliphatic heterocycles. The Morgan fingerprint density at radius 1 is 1.57 bits per heavy atom. The minimum absolute atomic E-state index is 0.193. The Morgan fingerprint density at radius 3 is 3.09 bits per heavy atom. The van der Waals surface area contributed by atoms with Gasteiger partial charge in [0, 0.05) is 6.07 Å². The summed E-state index contributed by atoms with van der Waals surface area (Å²) in [6.45, 7) is 3.65. The summed E-state index contributed by atoms with van der Waals surface area (Å²) in [5.74, 6) is 0.789. The number of anilines is 1. The molecular weight excluding hydrogens is 336 g/mol. The first-order chi connectivity index (χ1) is 11.1. The Morgan fingerprint density at radius 2 is 2.39 bits per heavy atom. The van der Waals surface area contributed by atoms with Gasteiger partial charge in [-0.05, 0) is 24.8 Å². The summed E-state index contributed by atoms with van der Waals surface area (Å²) in [5, 5.41) is 8.86. The second-order valence-corrected chi connectivity index (χ2v) is 6.92. The van der Waals surface area contributed by atoms with Crippen LogP contribution in [0.1, 0.15) is 19.1 Å². The molecule has 7 nitrogen and oxygen atoms in total. The molecule has 0 aliphatic rings. The number of rotatable bonds is 5. The van der Waals surface area contributed by atoms with E-state index in [2.05, 4.69) is 20.4 Å². The molecule has 2 N–H and O–H groups in total. The number of thioether (sulfide) groups is 1. The molecule has 0 aliphatic carbocycles. The van der Waals surface area contributed by atoms with Gasteiger partial charge < -0.3 is 14.8 Å². The van der Waals surface area contributed by atoms with E-state index in [1.807, 2.05) is 12.3 Å². The van der Waals surface area contributed by atoms with Crippen LogP contribution in [0.5, 0.6) is 0 Å². The van der Waals surface area contributed by atoms with E-state index in [0.29, 0.717) is 33.4 Å². The quantitative estimate of drug-likeness (QED) is 0.542. The maximum Gasteiger partial charge on any atom is 0.260 e. The summed E-state index contributed by atoms with van der Waals surface area (Å²) in [7, 11) is 0. The van der Waals surface area contributed by atoms with Crippen LogP contribution in [-0.4, -0.2) is 26.3 Å². The first-order valence-corrected chi connectivity index (χ1v) is 8.71. The van der Waals surface area contributed by atoms with Crippen LogP contribution in [0, 0.1) is 6.92 Å². The van der Waals surface area contributed by atoms with E-state index >= 15 is 0 Å². The van der Waals surface area contributed by atoms with Crippen LogP contribution in [0.4, 0.5) is 5.82 Å². The van der Waals surface area contributed by atoms with Crippen molar-refractivity contribution in [3.8, 4) is 0 Å². The van der Waals surface area contributed by atoms with E-state index < -0.39 is 5.25 Å². The zero-order valence-electron chi connectivity index (χ0n) is 12.5. The number of aromatic nitrogens is 3. The van der Waals surface area contributed by atoms with Crippen molar-refractivity contribution in [1.82, 2.24) is 15.1 Å². The molecule has 0 unspecified atom stereocenters. The summed E-state index contributed by atoms with van der Waals surface area (Å²) in [6.07, 6.45) is 0.583. The third-order valence-corrected chi connectivity index (χ3v) is 5.16. The summed E-state index contributed by atoms with van der Waals surface area (Å²) in [6, 6.07) is 3.38. The lowest BCUT2D eigenvalue weighted by Gasteiger charge is -2.12. The van der Waals surface area contributed by atoms with Gasteiger partial charge in [0.15, 0.2) is 11.0 Å². The van der Waals surface area contributed by atoms with Crippen LogP contribution < -0.4 is 10.9 Å². The van der Waals surface area contributed by atoms with Gasteiger partial charge >= 0.3 is 0 Å². The Hall–Kier alpha value is -2.13. The van der Waals surface area contributed by atoms with Crippen LogP contribution >= 0.6 is 23.1 Å². The Bertz CT molecular complexity index is 899. The molecule has 0 saturated carbocycles. The number of carbonyl (C=O) groups excluding carboxylic acids is 1. The predicted molar refractivity (Wildman–Crippen MR) is 90.0 cm³/mol. The second kappa shape index (κ2) is 6.55. The highest BCUT2D eigenvalue weighted by Crippen LogP contribution is 2.25. The number of hydrogen-bond donors (Lipinski definition) is 2. The smallest absolute Gasteiger partial charge is 0.260 e. The van der Waals surface area contributed by atoms with Gasteiger partial charge in [0.05, 0.1) is 10.6 Å². The molecule has 3 aromatic heterocycles. The molecule has 0 bridgehead atoms. The van der Waals surface area contributed by atoms with E-state index in [-0.39, 0.29) is 11.5 Å². The standard InChI is InChI=1S/C14H14N4O3S2/c1-3-9(12(20)15-10-6-7(2)21-18-10)23-14-16-11(19)8-4-5-22-13(8)17-14/h4-6,9H,3H2,1-2H3,(H,15,18,20)(H,16,17,19)/t9-/m0/s1. The van der Waals surface area contributed by atoms with Gasteiger partial charge in [-0.25, -0.2) is 4.98 Å². The topological polar surface area (TPSA) is 101 Å². The highest BCUT2D eigenvalue weighted by Gasteiger charge is 2.21. The molecule has 3 aromatic rings. The number of aryl methyl sites for hydroxylation is 1. The number of aromatic amines is 1. The molecule has 9 heteroatoms. The monoisotopic (exact) mass is 350 g/mol. The minimum atomic E-state index is -0.396. The van der Waals surface area contributed by atoms with Crippen molar-refractivity contribution in [2.24, 2.45) is 0 Å². The number of carbonyl (C=O) groups is 1. The van der Waals surface area contributed by atoms with E-state index in [0.717, 1.165) is 0 Å². The summed E-state index contributed by atoms with van der Waals surface area (Å²) < 4.78 is 4.92. The molecule has 0 fully saturated rings. The minimum Gasteiger partial charge on any atom is -0.360 e. The maximum atomic E-state index is 12.3. The maximum absolute atomic E-state index is 12.3. The zero-order chi connectivity index (χ0) is 16.4. The lowest BCUT2D eigenvalue weighted by Crippen LogP contribution is -2.25. The molecule has 120 valence electrons. The fraction of sp³-hybridized carbons (Fsp3) is 0.286. The molecule has 1 atom stereocenters. The highest BCUT2D eigenvalue weighted by molar-refractivity contribution is 8.00. The number of H-pyrrole nitrogens is 1. The van der Waals surface area contributed by atoms with Crippen molar-refractivity contribution in [2.45, 2.75) is 30.7 Å². The normalized spacial score (nSPS) is 12.4. The molecule has 0 radical (unpaired) electrons. The predicted octanol–water partition coefficient (Wildman–Crippen LogP) is 2.79. The second-order valence-electron chi connectivity index (χ2n) is 4.84. The average Bonchev–Trinajstić information content (AvgIpc) is 3.13. The van der Waals surface area contributed by atoms with Crippen molar-refractivity contribution in [3.05, 3.63) is 33.6 Å². The molecule has 23 heavy (non-hydrogen) atoms. The van der Waals surface area contributed by atoms with Crippen LogP contribution in [0.2, 0.25) is 0 Å². The van der Waals surface area contributed by atoms with Gasteiger partial charge in [-0.15, -0.1) is 11.3 Å². The SMILES string of the molecule is CC[C@H](Sc1nc2sccc2c(=O)[nH]1)C(=O)Nc1cc(C)on1. The van der Waals surface area contributed by atoms with Crippen molar-refractivity contribution >= 4 is 45.0 Å². The highest BCUT2D eigenvalue weighted by atomic mass is 32.2. The van der Waals surface area contributed by atoms with Crippen LogP contribution in [0.25, 0.3) is 10.2 Å². The van der Waals surface area contributed by atoms with Crippen molar-refractivity contribution < 1.29 is 9.32 Å².